The molecule has 0 saturated carbocycles. The summed E-state index contributed by atoms with van der Waals surface area (Å²) in [6.45, 7) is 8.81. The lowest BCUT2D eigenvalue weighted by Gasteiger charge is -2.25. The van der Waals surface area contributed by atoms with Crippen LogP contribution in [-0.4, -0.2) is 47.4 Å². The molecule has 0 aromatic heterocycles. The van der Waals surface area contributed by atoms with E-state index in [4.69, 9.17) is 0 Å². The zero-order valence-corrected chi connectivity index (χ0v) is 18.2. The Morgan fingerprint density at radius 2 is 2.00 bits per heavy atom. The molecular formula is C17H28IN5O3. The van der Waals surface area contributed by atoms with Crippen LogP contribution in [0.5, 0.6) is 0 Å². The molecule has 0 spiro atoms. The summed E-state index contributed by atoms with van der Waals surface area (Å²) < 4.78 is 0. The maximum absolute atomic E-state index is 12.1. The number of benzene rings is 1. The maximum atomic E-state index is 12.1. The first-order valence-corrected chi connectivity index (χ1v) is 8.16. The highest BCUT2D eigenvalue weighted by Crippen LogP contribution is 2.13. The molecule has 0 bridgehead atoms. The van der Waals surface area contributed by atoms with Gasteiger partial charge in [0.05, 0.1) is 18.0 Å². The molecule has 0 fully saturated rings. The molecule has 0 radical (unpaired) electrons. The number of guanidine groups is 1. The minimum absolute atomic E-state index is 0. The van der Waals surface area contributed by atoms with E-state index in [9.17, 15) is 14.9 Å². The molecule has 0 aliphatic heterocycles. The summed E-state index contributed by atoms with van der Waals surface area (Å²) in [6.07, 6.45) is 0. The number of amides is 1. The first kappa shape index (κ1) is 24.1. The van der Waals surface area contributed by atoms with Crippen molar-refractivity contribution in [3.8, 4) is 0 Å². The second-order valence-corrected chi connectivity index (χ2v) is 6.75. The largest absolute Gasteiger partial charge is 0.357 e. The minimum atomic E-state index is -0.429. The summed E-state index contributed by atoms with van der Waals surface area (Å²) in [5.41, 5.74) is 0.476. The molecule has 1 aromatic rings. The van der Waals surface area contributed by atoms with Crippen molar-refractivity contribution in [1.82, 2.24) is 15.5 Å². The van der Waals surface area contributed by atoms with Crippen LogP contribution in [0.25, 0.3) is 0 Å². The van der Waals surface area contributed by atoms with E-state index < -0.39 is 4.92 Å². The first-order chi connectivity index (χ1) is 11.6. The van der Waals surface area contributed by atoms with Gasteiger partial charge in [0.15, 0.2) is 5.96 Å². The fourth-order valence-corrected chi connectivity index (χ4v) is 2.15. The Kier molecular flexibility index (Phi) is 10.1. The van der Waals surface area contributed by atoms with Crippen LogP contribution < -0.4 is 10.6 Å². The van der Waals surface area contributed by atoms with E-state index in [0.717, 1.165) is 5.56 Å². The third-order valence-corrected chi connectivity index (χ3v) is 3.12. The molecule has 1 rings (SSSR count). The summed E-state index contributed by atoms with van der Waals surface area (Å²) >= 11 is 0. The first-order valence-electron chi connectivity index (χ1n) is 8.16. The maximum Gasteiger partial charge on any atom is 0.269 e. The summed E-state index contributed by atoms with van der Waals surface area (Å²) in [4.78, 5) is 28.7. The van der Waals surface area contributed by atoms with E-state index in [1.165, 1.54) is 12.1 Å². The number of nitrogens with one attached hydrogen (secondary N) is 2. The van der Waals surface area contributed by atoms with Crippen molar-refractivity contribution in [2.45, 2.75) is 39.8 Å². The molecule has 1 amide bonds. The van der Waals surface area contributed by atoms with Crippen molar-refractivity contribution in [1.29, 1.82) is 0 Å². The van der Waals surface area contributed by atoms with E-state index >= 15 is 0 Å². The lowest BCUT2D eigenvalue weighted by molar-refractivity contribution is -0.384. The predicted octanol–water partition coefficient (Wildman–Crippen LogP) is 2.52. The number of hydrogen-bond acceptors (Lipinski definition) is 4. The van der Waals surface area contributed by atoms with Crippen LogP contribution in [0.3, 0.4) is 0 Å². The Balaban J connectivity index is 0.00000625. The minimum Gasteiger partial charge on any atom is -0.357 e. The van der Waals surface area contributed by atoms with E-state index in [1.54, 1.807) is 24.1 Å². The van der Waals surface area contributed by atoms with Crippen LogP contribution in [0.15, 0.2) is 29.3 Å². The number of likely N-dealkylation sites (N-methyl/N-ethyl adjacent to an activating group) is 1. The normalized spacial score (nSPS) is 11.3. The van der Waals surface area contributed by atoms with Crippen molar-refractivity contribution < 1.29 is 9.72 Å². The van der Waals surface area contributed by atoms with E-state index in [0.29, 0.717) is 12.5 Å². The highest BCUT2D eigenvalue weighted by Gasteiger charge is 2.16. The Morgan fingerprint density at radius 1 is 1.35 bits per heavy atom. The molecule has 1 aromatic carbocycles. The van der Waals surface area contributed by atoms with Gasteiger partial charge in [0.25, 0.3) is 5.69 Å². The van der Waals surface area contributed by atoms with Gasteiger partial charge in [0, 0.05) is 31.3 Å². The Morgan fingerprint density at radius 3 is 2.54 bits per heavy atom. The van der Waals surface area contributed by atoms with Crippen molar-refractivity contribution >= 4 is 41.5 Å². The van der Waals surface area contributed by atoms with Crippen LogP contribution in [0, 0.1) is 10.1 Å². The molecule has 0 aliphatic carbocycles. The third-order valence-electron chi connectivity index (χ3n) is 3.12. The molecule has 0 unspecified atom stereocenters. The van der Waals surface area contributed by atoms with Crippen LogP contribution in [0.1, 0.15) is 33.3 Å². The molecule has 9 heteroatoms. The van der Waals surface area contributed by atoms with Gasteiger partial charge in [-0.2, -0.15) is 0 Å². The van der Waals surface area contributed by atoms with E-state index in [-0.39, 0.29) is 54.2 Å². The van der Waals surface area contributed by atoms with Gasteiger partial charge < -0.3 is 15.5 Å². The zero-order valence-electron chi connectivity index (χ0n) is 15.9. The number of carbonyl (C=O) groups excluding carboxylic acids is 1. The average Bonchev–Trinajstić information content (AvgIpc) is 2.49. The molecular weight excluding hydrogens is 449 g/mol. The molecule has 0 aliphatic rings. The zero-order chi connectivity index (χ0) is 19.0. The third kappa shape index (κ3) is 8.97. The van der Waals surface area contributed by atoms with E-state index in [1.807, 2.05) is 27.7 Å². The highest BCUT2D eigenvalue weighted by molar-refractivity contribution is 14.0. The lowest BCUT2D eigenvalue weighted by Crippen LogP contribution is -2.48. The smallest absolute Gasteiger partial charge is 0.269 e. The van der Waals surface area contributed by atoms with Crippen LogP contribution in [0.4, 0.5) is 5.69 Å². The number of halogens is 1. The molecule has 146 valence electrons. The molecule has 0 saturated heterocycles. The number of carbonyl (C=O) groups is 1. The summed E-state index contributed by atoms with van der Waals surface area (Å²) in [6, 6.07) is 6.36. The second-order valence-electron chi connectivity index (χ2n) is 6.75. The second kappa shape index (κ2) is 10.9. The Bertz CT molecular complexity index is 644. The van der Waals surface area contributed by atoms with Gasteiger partial charge in [-0.15, -0.1) is 24.0 Å². The summed E-state index contributed by atoms with van der Waals surface area (Å²) in [5, 5.41) is 16.9. The van der Waals surface area contributed by atoms with E-state index in [2.05, 4.69) is 15.6 Å². The molecule has 0 heterocycles. The molecule has 8 nitrogen and oxygen atoms in total. The van der Waals surface area contributed by atoms with Crippen molar-refractivity contribution in [2.24, 2.45) is 4.99 Å². The topological polar surface area (TPSA) is 99.9 Å². The number of nitrogens with zero attached hydrogens (tertiary/aromatic N) is 3. The monoisotopic (exact) mass is 477 g/mol. The van der Waals surface area contributed by atoms with Crippen molar-refractivity contribution in [2.75, 3.05) is 20.1 Å². The van der Waals surface area contributed by atoms with Gasteiger partial charge in [0.1, 0.15) is 0 Å². The van der Waals surface area contributed by atoms with Gasteiger partial charge >= 0.3 is 0 Å². The van der Waals surface area contributed by atoms with Crippen LogP contribution in [0.2, 0.25) is 0 Å². The van der Waals surface area contributed by atoms with Gasteiger partial charge in [-0.1, -0.05) is 12.1 Å². The van der Waals surface area contributed by atoms with Gasteiger partial charge in [0.2, 0.25) is 5.91 Å². The standard InChI is InChI=1S/C17H27N5O3.HI/c1-6-18-16(21(5)12-15(23)20-17(2,3)4)19-11-13-8-7-9-14(10-13)22(24)25;/h7-10H,6,11-12H2,1-5H3,(H,18,19)(H,20,23);1H. The van der Waals surface area contributed by atoms with Gasteiger partial charge in [-0.3, -0.25) is 14.9 Å². The number of aliphatic imine (C=N–C) groups is 1. The summed E-state index contributed by atoms with van der Waals surface area (Å²) in [7, 11) is 1.77. The van der Waals surface area contributed by atoms with Gasteiger partial charge in [-0.25, -0.2) is 4.99 Å². The molecule has 0 atom stereocenters. The van der Waals surface area contributed by atoms with Crippen LogP contribution in [-0.2, 0) is 11.3 Å². The van der Waals surface area contributed by atoms with Crippen molar-refractivity contribution in [3.05, 3.63) is 39.9 Å². The fourth-order valence-electron chi connectivity index (χ4n) is 2.15. The Labute approximate surface area is 171 Å². The van der Waals surface area contributed by atoms with Gasteiger partial charge in [-0.05, 0) is 33.3 Å². The molecule has 26 heavy (non-hydrogen) atoms. The quantitative estimate of drug-likeness (QED) is 0.216. The van der Waals surface area contributed by atoms with Crippen molar-refractivity contribution in [3.63, 3.8) is 0 Å². The lowest BCUT2D eigenvalue weighted by atomic mass is 10.1. The number of nitro benzene ring substituents is 1. The fraction of sp³-hybridized carbons (Fsp3) is 0.529. The average molecular weight is 477 g/mol. The number of non-ortho nitro benzene ring substituents is 1. The number of nitro groups is 1. The Hall–Kier alpha value is -1.91. The SMILES string of the molecule is CCNC(=NCc1cccc([N+](=O)[O-])c1)N(C)CC(=O)NC(C)(C)C.I. The van der Waals surface area contributed by atoms with Crippen LogP contribution >= 0.6 is 24.0 Å². The number of rotatable bonds is 6. The molecule has 2 N–H and O–H groups in total. The number of hydrogen-bond donors (Lipinski definition) is 2. The predicted molar refractivity (Wildman–Crippen MR) is 114 cm³/mol. The highest BCUT2D eigenvalue weighted by atomic mass is 127. The summed E-state index contributed by atoms with van der Waals surface area (Å²) in [5.74, 6) is 0.467.